The fourth-order valence-corrected chi connectivity index (χ4v) is 9.48. The number of hydrogen-bond acceptors (Lipinski definition) is 2. The van der Waals surface area contributed by atoms with Gasteiger partial charge >= 0.3 is 0 Å². The van der Waals surface area contributed by atoms with Gasteiger partial charge in [-0.2, -0.15) is 0 Å². The zero-order valence-corrected chi connectivity index (χ0v) is 31.3. The van der Waals surface area contributed by atoms with Crippen LogP contribution in [-0.4, -0.2) is 0 Å². The molecule has 57 heavy (non-hydrogen) atoms. The molecule has 9 aromatic rings. The molecule has 0 bridgehead atoms. The summed E-state index contributed by atoms with van der Waals surface area (Å²) in [6, 6.07) is 84.1. The molecule has 1 spiro atoms. The van der Waals surface area contributed by atoms with E-state index in [-0.39, 0.29) is 0 Å². The number of anilines is 6. The number of rotatable bonds is 7. The highest BCUT2D eigenvalue weighted by Gasteiger charge is 2.52. The molecule has 1 atom stereocenters. The van der Waals surface area contributed by atoms with Crippen LogP contribution >= 0.6 is 0 Å². The van der Waals surface area contributed by atoms with Crippen molar-refractivity contribution in [3.63, 3.8) is 0 Å². The summed E-state index contributed by atoms with van der Waals surface area (Å²) in [5, 5.41) is 0. The van der Waals surface area contributed by atoms with Crippen LogP contribution in [0.2, 0.25) is 0 Å². The Morgan fingerprint density at radius 2 is 0.632 bits per heavy atom. The Morgan fingerprint density at radius 3 is 1.25 bits per heavy atom. The monoisotopic (exact) mass is 726 g/mol. The first kappa shape index (κ1) is 33.0. The molecule has 2 nitrogen and oxygen atoms in total. The third-order valence-electron chi connectivity index (χ3n) is 11.8. The van der Waals surface area contributed by atoms with Gasteiger partial charge in [-0.1, -0.05) is 158 Å². The zero-order chi connectivity index (χ0) is 37.8. The normalized spacial score (nSPS) is 14.4. The average Bonchev–Trinajstić information content (AvgIpc) is 3.75. The Morgan fingerprint density at radius 1 is 0.228 bits per heavy atom. The molecular weight excluding hydrogens is 689 g/mol. The van der Waals surface area contributed by atoms with Gasteiger partial charge in [0, 0.05) is 34.1 Å². The van der Waals surface area contributed by atoms with Gasteiger partial charge in [0.15, 0.2) is 0 Å². The molecule has 9 aromatic carbocycles. The largest absolute Gasteiger partial charge is 0.310 e. The van der Waals surface area contributed by atoms with Crippen LogP contribution in [0.15, 0.2) is 231 Å². The first-order valence-electron chi connectivity index (χ1n) is 19.7. The molecule has 0 saturated carbocycles. The molecule has 268 valence electrons. The first-order chi connectivity index (χ1) is 28.3. The van der Waals surface area contributed by atoms with E-state index in [9.17, 15) is 0 Å². The van der Waals surface area contributed by atoms with E-state index in [4.69, 9.17) is 0 Å². The zero-order valence-electron chi connectivity index (χ0n) is 31.3. The van der Waals surface area contributed by atoms with Crippen LogP contribution in [0.5, 0.6) is 0 Å². The Bertz CT molecular complexity index is 2860. The number of nitrogens with zero attached hydrogens (tertiary/aromatic N) is 2. The molecule has 2 heteroatoms. The van der Waals surface area contributed by atoms with Crippen molar-refractivity contribution < 1.29 is 0 Å². The van der Waals surface area contributed by atoms with Crippen molar-refractivity contribution in [1.82, 2.24) is 0 Å². The summed E-state index contributed by atoms with van der Waals surface area (Å²) in [5.74, 6) is 0. The maximum atomic E-state index is 2.47. The van der Waals surface area contributed by atoms with Gasteiger partial charge in [0.05, 0.1) is 5.41 Å². The highest BCUT2D eigenvalue weighted by Crippen LogP contribution is 2.64. The van der Waals surface area contributed by atoms with Crippen molar-refractivity contribution in [2.45, 2.75) is 5.41 Å². The van der Waals surface area contributed by atoms with Crippen LogP contribution < -0.4 is 9.80 Å². The van der Waals surface area contributed by atoms with Crippen molar-refractivity contribution in [1.29, 1.82) is 0 Å². The molecule has 0 aliphatic heterocycles. The SMILES string of the molecule is c1ccc(-c2cccc(N(c3ccccc3)c3ccc4c(c3)C3(c5ccccc5-c5cc(N(c6ccccc6)c6ccccc6)ccc53)c3ccccc3-4)c2)cc1. The third-order valence-corrected chi connectivity index (χ3v) is 11.8. The standard InChI is InChI=1S/C55H38N2/c1-5-18-39(19-6-1)40-20-17-27-44(36-40)57(43-25-11-4-12-26-43)46-32-34-49-47-28-13-15-30-51(47)55(54(49)38-46)52-31-16-14-29-48(52)50-37-45(33-35-53(50)55)56(41-21-7-2-8-22-41)42-23-9-3-10-24-42/h1-38H. The predicted octanol–water partition coefficient (Wildman–Crippen LogP) is 14.6. The average molecular weight is 727 g/mol. The summed E-state index contributed by atoms with van der Waals surface area (Å²) in [7, 11) is 0. The Hall–Kier alpha value is -7.42. The molecule has 1 unspecified atom stereocenters. The molecule has 0 saturated heterocycles. The number of para-hydroxylation sites is 3. The van der Waals surface area contributed by atoms with Crippen molar-refractivity contribution in [2.75, 3.05) is 9.80 Å². The van der Waals surface area contributed by atoms with Crippen LogP contribution in [0.4, 0.5) is 34.1 Å². The molecule has 0 fully saturated rings. The first-order valence-corrected chi connectivity index (χ1v) is 19.7. The Balaban J connectivity index is 1.14. The maximum absolute atomic E-state index is 2.47. The van der Waals surface area contributed by atoms with E-state index in [0.29, 0.717) is 0 Å². The number of benzene rings is 9. The lowest BCUT2D eigenvalue weighted by molar-refractivity contribution is 0.793. The Labute approximate surface area is 334 Å². The van der Waals surface area contributed by atoms with Crippen LogP contribution in [0.25, 0.3) is 33.4 Å². The lowest BCUT2D eigenvalue weighted by Gasteiger charge is -2.32. The fraction of sp³-hybridized carbons (Fsp3) is 0.0182. The van der Waals surface area contributed by atoms with Gasteiger partial charge in [-0.05, 0) is 128 Å². The van der Waals surface area contributed by atoms with Gasteiger partial charge < -0.3 is 9.80 Å². The van der Waals surface area contributed by atoms with Gasteiger partial charge in [0.2, 0.25) is 0 Å². The van der Waals surface area contributed by atoms with E-state index in [0.717, 1.165) is 34.1 Å². The van der Waals surface area contributed by atoms with Gasteiger partial charge in [-0.3, -0.25) is 0 Å². The van der Waals surface area contributed by atoms with Gasteiger partial charge in [0.1, 0.15) is 0 Å². The summed E-state index contributed by atoms with van der Waals surface area (Å²) in [5.41, 5.74) is 19.0. The number of fused-ring (bicyclic) bond motifs is 10. The quantitative estimate of drug-likeness (QED) is 0.161. The van der Waals surface area contributed by atoms with Gasteiger partial charge in [-0.15, -0.1) is 0 Å². The summed E-state index contributed by atoms with van der Waals surface area (Å²) in [4.78, 5) is 4.77. The molecular formula is C55H38N2. The van der Waals surface area contributed by atoms with Crippen molar-refractivity contribution in [3.05, 3.63) is 253 Å². The second-order valence-corrected chi connectivity index (χ2v) is 14.9. The molecule has 0 radical (unpaired) electrons. The molecule has 0 aromatic heterocycles. The fourth-order valence-electron chi connectivity index (χ4n) is 9.48. The highest BCUT2D eigenvalue weighted by atomic mass is 15.1. The summed E-state index contributed by atoms with van der Waals surface area (Å²) >= 11 is 0. The second-order valence-electron chi connectivity index (χ2n) is 14.9. The lowest BCUT2D eigenvalue weighted by Crippen LogP contribution is -2.26. The number of hydrogen-bond donors (Lipinski definition) is 0. The minimum Gasteiger partial charge on any atom is -0.310 e. The third kappa shape index (κ3) is 5.18. The van der Waals surface area contributed by atoms with E-state index >= 15 is 0 Å². The molecule has 0 heterocycles. The lowest BCUT2D eigenvalue weighted by atomic mass is 9.70. The van der Waals surface area contributed by atoms with Crippen LogP contribution in [0, 0.1) is 0 Å². The van der Waals surface area contributed by atoms with Crippen molar-refractivity contribution in [3.8, 4) is 33.4 Å². The Kier molecular flexibility index (Phi) is 7.75. The van der Waals surface area contributed by atoms with Crippen LogP contribution in [0.1, 0.15) is 22.3 Å². The van der Waals surface area contributed by atoms with Crippen LogP contribution in [0.3, 0.4) is 0 Å². The summed E-state index contributed by atoms with van der Waals surface area (Å²) in [6.45, 7) is 0. The van der Waals surface area contributed by atoms with E-state index in [1.54, 1.807) is 0 Å². The van der Waals surface area contributed by atoms with E-state index in [1.807, 2.05) is 0 Å². The molecule has 0 N–H and O–H groups in total. The minimum absolute atomic E-state index is 0.495. The smallest absolute Gasteiger partial charge is 0.0726 e. The molecule has 2 aliphatic carbocycles. The minimum atomic E-state index is -0.495. The molecule has 11 rings (SSSR count). The van der Waals surface area contributed by atoms with Gasteiger partial charge in [0.25, 0.3) is 0 Å². The summed E-state index contributed by atoms with van der Waals surface area (Å²) < 4.78 is 0. The second kappa shape index (κ2) is 13.4. The van der Waals surface area contributed by atoms with Crippen molar-refractivity contribution in [2.24, 2.45) is 0 Å². The van der Waals surface area contributed by atoms with Gasteiger partial charge in [-0.25, -0.2) is 0 Å². The van der Waals surface area contributed by atoms with Crippen molar-refractivity contribution >= 4 is 34.1 Å². The molecule has 0 amide bonds. The van der Waals surface area contributed by atoms with E-state index in [2.05, 4.69) is 240 Å². The highest BCUT2D eigenvalue weighted by molar-refractivity contribution is 5.97. The van der Waals surface area contributed by atoms with E-state index < -0.39 is 5.41 Å². The maximum Gasteiger partial charge on any atom is 0.0726 e. The van der Waals surface area contributed by atoms with Crippen LogP contribution in [-0.2, 0) is 5.41 Å². The molecule has 2 aliphatic rings. The van der Waals surface area contributed by atoms with E-state index in [1.165, 1.54) is 55.6 Å². The predicted molar refractivity (Wildman–Crippen MR) is 238 cm³/mol. The topological polar surface area (TPSA) is 6.48 Å². The summed E-state index contributed by atoms with van der Waals surface area (Å²) in [6.07, 6.45) is 0.